The molecule has 2 fully saturated rings. The summed E-state index contributed by atoms with van der Waals surface area (Å²) in [5.41, 5.74) is 3.58. The highest BCUT2D eigenvalue weighted by atomic mass is 19.4. The number of carbonyl (C=O) groups is 3. The number of carbonyl (C=O) groups excluding carboxylic acids is 3. The van der Waals surface area contributed by atoms with E-state index >= 15 is 0 Å². The molecule has 0 spiro atoms. The van der Waals surface area contributed by atoms with E-state index in [4.69, 9.17) is 10.5 Å². The molecule has 11 heteroatoms. The van der Waals surface area contributed by atoms with Crippen LogP contribution in [0.5, 0.6) is 0 Å². The fourth-order valence-corrected chi connectivity index (χ4v) is 2.81. The molecule has 1 aromatic carbocycles. The van der Waals surface area contributed by atoms with E-state index in [0.717, 1.165) is 25.0 Å². The van der Waals surface area contributed by atoms with Crippen molar-refractivity contribution >= 4 is 29.1 Å². The first-order valence-corrected chi connectivity index (χ1v) is 8.62. The van der Waals surface area contributed by atoms with Gasteiger partial charge in [0.15, 0.2) is 6.04 Å². The summed E-state index contributed by atoms with van der Waals surface area (Å²) >= 11 is 0. The molecule has 0 aromatic heterocycles. The fraction of sp³-hybridized carbons (Fsp3) is 0.471. The number of hydrogen-bond donors (Lipinski definition) is 3. The van der Waals surface area contributed by atoms with Gasteiger partial charge in [-0.1, -0.05) is 0 Å². The van der Waals surface area contributed by atoms with Crippen molar-refractivity contribution in [2.24, 2.45) is 5.73 Å². The van der Waals surface area contributed by atoms with Gasteiger partial charge in [-0.05, 0) is 31.0 Å². The normalized spacial score (nSPS) is 18.7. The summed E-state index contributed by atoms with van der Waals surface area (Å²) < 4.78 is 45.6. The minimum Gasteiger partial charge on any atom is -0.370 e. The predicted octanol–water partition coefficient (Wildman–Crippen LogP) is 0.613. The molecule has 0 unspecified atom stereocenters. The maximum atomic E-state index is 13.5. The van der Waals surface area contributed by atoms with Gasteiger partial charge in [-0.2, -0.15) is 13.2 Å². The molecular formula is C17H19F3N4O4. The van der Waals surface area contributed by atoms with E-state index in [-0.39, 0.29) is 31.5 Å². The van der Waals surface area contributed by atoms with Gasteiger partial charge in [0.1, 0.15) is 6.61 Å². The summed E-state index contributed by atoms with van der Waals surface area (Å²) in [4.78, 5) is 36.9. The van der Waals surface area contributed by atoms with Gasteiger partial charge in [-0.25, -0.2) is 0 Å². The van der Waals surface area contributed by atoms with Gasteiger partial charge in [0.05, 0.1) is 17.9 Å². The van der Waals surface area contributed by atoms with Crippen LogP contribution in [-0.2, 0) is 25.3 Å². The van der Waals surface area contributed by atoms with Crippen LogP contribution in [-0.4, -0.2) is 49.6 Å². The number of halogens is 3. The number of primary amides is 1. The van der Waals surface area contributed by atoms with E-state index in [1.54, 1.807) is 0 Å². The Morgan fingerprint density at radius 1 is 1.29 bits per heavy atom. The molecule has 3 amide bonds. The number of ether oxygens (including phenoxy) is 1. The lowest BCUT2D eigenvalue weighted by molar-refractivity contribution is -0.137. The second-order valence-electron chi connectivity index (χ2n) is 6.59. The van der Waals surface area contributed by atoms with E-state index in [0.29, 0.717) is 0 Å². The monoisotopic (exact) mass is 400 g/mol. The van der Waals surface area contributed by atoms with Gasteiger partial charge in [-0.15, -0.1) is 0 Å². The zero-order valence-electron chi connectivity index (χ0n) is 14.7. The van der Waals surface area contributed by atoms with Crippen LogP contribution < -0.4 is 21.3 Å². The Kier molecular flexibility index (Phi) is 5.57. The number of amides is 3. The summed E-state index contributed by atoms with van der Waals surface area (Å²) in [5.74, 6) is -2.41. The van der Waals surface area contributed by atoms with Crippen molar-refractivity contribution in [2.45, 2.75) is 31.1 Å². The van der Waals surface area contributed by atoms with E-state index in [1.165, 1.54) is 11.0 Å². The number of benzene rings is 1. The molecule has 1 saturated carbocycles. The van der Waals surface area contributed by atoms with E-state index in [9.17, 15) is 27.6 Å². The third-order valence-electron chi connectivity index (χ3n) is 4.39. The van der Waals surface area contributed by atoms with Crippen molar-refractivity contribution in [3.05, 3.63) is 23.8 Å². The Balaban J connectivity index is 1.86. The van der Waals surface area contributed by atoms with Gasteiger partial charge < -0.3 is 20.7 Å². The number of rotatable bonds is 6. The second-order valence-corrected chi connectivity index (χ2v) is 6.59. The van der Waals surface area contributed by atoms with Crippen molar-refractivity contribution in [3.8, 4) is 0 Å². The van der Waals surface area contributed by atoms with Crippen LogP contribution in [0.4, 0.5) is 24.5 Å². The van der Waals surface area contributed by atoms with Crippen LogP contribution in [0.2, 0.25) is 0 Å². The molecule has 0 radical (unpaired) electrons. The molecule has 28 heavy (non-hydrogen) atoms. The molecule has 1 heterocycles. The minimum atomic E-state index is -4.79. The lowest BCUT2D eigenvalue weighted by atomic mass is 10.1. The fourth-order valence-electron chi connectivity index (χ4n) is 2.81. The Hall–Kier alpha value is -2.66. The maximum Gasteiger partial charge on any atom is 0.418 e. The smallest absolute Gasteiger partial charge is 0.370 e. The van der Waals surface area contributed by atoms with Gasteiger partial charge in [0, 0.05) is 18.3 Å². The summed E-state index contributed by atoms with van der Waals surface area (Å²) in [6.07, 6.45) is -3.28. The Morgan fingerprint density at radius 2 is 2.00 bits per heavy atom. The van der Waals surface area contributed by atoms with Gasteiger partial charge >= 0.3 is 6.18 Å². The minimum absolute atomic E-state index is 0.0428. The molecule has 4 N–H and O–H groups in total. The van der Waals surface area contributed by atoms with E-state index in [2.05, 4.69) is 10.6 Å². The number of hydrogen-bond acceptors (Lipinski definition) is 5. The number of alkyl halides is 3. The molecular weight excluding hydrogens is 381 g/mol. The van der Waals surface area contributed by atoms with Crippen LogP contribution in [0.25, 0.3) is 0 Å². The van der Waals surface area contributed by atoms with Crippen LogP contribution in [0.15, 0.2) is 18.2 Å². The SMILES string of the molecule is NC(=O)[C@H](NC1CC1)C(=O)Nc1ccc(N2CCOCC2=O)cc1C(F)(F)F. The Labute approximate surface area is 158 Å². The van der Waals surface area contributed by atoms with Crippen molar-refractivity contribution in [3.63, 3.8) is 0 Å². The number of morpholine rings is 1. The highest BCUT2D eigenvalue weighted by molar-refractivity contribution is 6.10. The standard InChI is InChI=1S/C17H19F3N4O4/c18-17(19,20)11-7-10(24-5-6-28-8-13(24)25)3-4-12(11)23-16(27)14(15(21)26)22-9-1-2-9/h3-4,7,9,14,22H,1-2,5-6,8H2,(H2,21,26)(H,23,27)/t14-/m0/s1. The summed E-state index contributed by atoms with van der Waals surface area (Å²) in [6.45, 7) is 0.114. The zero-order valence-corrected chi connectivity index (χ0v) is 14.7. The maximum absolute atomic E-state index is 13.5. The zero-order chi connectivity index (χ0) is 20.5. The predicted molar refractivity (Wildman–Crippen MR) is 92.4 cm³/mol. The first-order chi connectivity index (χ1) is 13.2. The highest BCUT2D eigenvalue weighted by Gasteiger charge is 2.37. The third kappa shape index (κ3) is 4.60. The van der Waals surface area contributed by atoms with Gasteiger partial charge in [0.25, 0.3) is 11.8 Å². The van der Waals surface area contributed by atoms with Gasteiger partial charge in [-0.3, -0.25) is 19.7 Å². The first kappa shape index (κ1) is 20.1. The van der Waals surface area contributed by atoms with Crippen LogP contribution >= 0.6 is 0 Å². The van der Waals surface area contributed by atoms with Crippen LogP contribution in [0, 0.1) is 0 Å². The van der Waals surface area contributed by atoms with E-state index < -0.39 is 41.2 Å². The molecule has 3 rings (SSSR count). The molecule has 1 aromatic rings. The quantitative estimate of drug-likeness (QED) is 0.606. The Bertz CT molecular complexity index is 795. The Morgan fingerprint density at radius 3 is 2.57 bits per heavy atom. The van der Waals surface area contributed by atoms with Gasteiger partial charge in [0.2, 0.25) is 5.91 Å². The summed E-state index contributed by atoms with van der Waals surface area (Å²) in [5, 5.41) is 4.83. The highest BCUT2D eigenvalue weighted by Crippen LogP contribution is 2.37. The number of nitrogens with one attached hydrogen (secondary N) is 2. The topological polar surface area (TPSA) is 114 Å². The number of nitrogens with zero attached hydrogens (tertiary/aromatic N) is 1. The largest absolute Gasteiger partial charge is 0.418 e. The van der Waals surface area contributed by atoms with Crippen LogP contribution in [0.3, 0.4) is 0 Å². The molecule has 1 atom stereocenters. The number of nitrogens with two attached hydrogens (primary N) is 1. The van der Waals surface area contributed by atoms with Crippen molar-refractivity contribution in [2.75, 3.05) is 30.0 Å². The molecule has 0 bridgehead atoms. The molecule has 1 saturated heterocycles. The van der Waals surface area contributed by atoms with E-state index in [1.807, 2.05) is 0 Å². The second kappa shape index (κ2) is 7.76. The lowest BCUT2D eigenvalue weighted by Gasteiger charge is -2.28. The molecule has 1 aliphatic heterocycles. The van der Waals surface area contributed by atoms with Crippen LogP contribution in [0.1, 0.15) is 18.4 Å². The third-order valence-corrected chi connectivity index (χ3v) is 4.39. The number of anilines is 2. The first-order valence-electron chi connectivity index (χ1n) is 8.62. The summed E-state index contributed by atoms with van der Waals surface area (Å²) in [6, 6.07) is 1.64. The molecule has 8 nitrogen and oxygen atoms in total. The van der Waals surface area contributed by atoms with Crippen molar-refractivity contribution < 1.29 is 32.3 Å². The average molecular weight is 400 g/mol. The lowest BCUT2D eigenvalue weighted by Crippen LogP contribution is -2.50. The molecule has 2 aliphatic rings. The van der Waals surface area contributed by atoms with Crippen molar-refractivity contribution in [1.82, 2.24) is 5.32 Å². The van der Waals surface area contributed by atoms with Crippen molar-refractivity contribution in [1.29, 1.82) is 0 Å². The molecule has 1 aliphatic carbocycles. The average Bonchev–Trinajstić information content (AvgIpc) is 3.43. The summed E-state index contributed by atoms with van der Waals surface area (Å²) in [7, 11) is 0. The molecule has 152 valence electrons.